The predicted octanol–water partition coefficient (Wildman–Crippen LogP) is 2.97. The molecule has 0 fully saturated rings. The summed E-state index contributed by atoms with van der Waals surface area (Å²) < 4.78 is 27.7. The molecule has 0 radical (unpaired) electrons. The highest BCUT2D eigenvalue weighted by atomic mass is 79.9. The molecule has 9 heteroatoms. The summed E-state index contributed by atoms with van der Waals surface area (Å²) in [6, 6.07) is 9.25. The number of nitrogens with one attached hydrogen (secondary N) is 2. The summed E-state index contributed by atoms with van der Waals surface area (Å²) in [6.45, 7) is 0. The van der Waals surface area contributed by atoms with Crippen molar-refractivity contribution in [2.45, 2.75) is 16.7 Å². The van der Waals surface area contributed by atoms with Gasteiger partial charge in [-0.3, -0.25) is 4.79 Å². The Morgan fingerprint density at radius 2 is 2.04 bits per heavy atom. The van der Waals surface area contributed by atoms with Crippen LogP contribution in [-0.4, -0.2) is 30.5 Å². The van der Waals surface area contributed by atoms with E-state index in [0.29, 0.717) is 3.79 Å². The Hall–Kier alpha value is -1.68. The third-order valence-electron chi connectivity index (χ3n) is 3.51. The van der Waals surface area contributed by atoms with E-state index >= 15 is 0 Å². The lowest BCUT2D eigenvalue weighted by Gasteiger charge is -2.13. The number of para-hydroxylation sites is 1. The van der Waals surface area contributed by atoms with Gasteiger partial charge in [0.15, 0.2) is 0 Å². The summed E-state index contributed by atoms with van der Waals surface area (Å²) in [5.74, 6) is -1.22. The highest BCUT2D eigenvalue weighted by Crippen LogP contribution is 2.26. The van der Waals surface area contributed by atoms with Crippen LogP contribution in [0.2, 0.25) is 0 Å². The minimum Gasteiger partial charge on any atom is -0.480 e. The second-order valence-electron chi connectivity index (χ2n) is 5.13. The van der Waals surface area contributed by atoms with Gasteiger partial charge in [0, 0.05) is 23.5 Å². The monoisotopic (exact) mass is 428 g/mol. The normalized spacial score (nSPS) is 13.2. The molecule has 2 heterocycles. The van der Waals surface area contributed by atoms with Crippen LogP contribution >= 0.6 is 27.3 Å². The van der Waals surface area contributed by atoms with Gasteiger partial charge in [0.2, 0.25) is 0 Å². The minimum atomic E-state index is -3.89. The number of thiophene rings is 1. The number of fused-ring (bicyclic) bond motifs is 1. The Morgan fingerprint density at radius 1 is 1.29 bits per heavy atom. The Balaban J connectivity index is 1.87. The minimum absolute atomic E-state index is 0.0467. The van der Waals surface area contributed by atoms with Crippen LogP contribution < -0.4 is 4.72 Å². The number of hydrogen-bond acceptors (Lipinski definition) is 4. The Bertz CT molecular complexity index is 994. The third kappa shape index (κ3) is 3.54. The number of halogens is 1. The van der Waals surface area contributed by atoms with E-state index in [1.54, 1.807) is 12.3 Å². The fourth-order valence-electron chi connectivity index (χ4n) is 2.39. The number of H-pyrrole nitrogens is 1. The fraction of sp³-hybridized carbons (Fsp3) is 0.133. The van der Waals surface area contributed by atoms with Crippen molar-refractivity contribution in [2.24, 2.45) is 0 Å². The topological polar surface area (TPSA) is 99.3 Å². The van der Waals surface area contributed by atoms with Gasteiger partial charge in [0.1, 0.15) is 10.3 Å². The van der Waals surface area contributed by atoms with E-state index in [2.05, 4.69) is 25.6 Å². The molecule has 0 aliphatic carbocycles. The van der Waals surface area contributed by atoms with E-state index in [-0.39, 0.29) is 10.6 Å². The zero-order valence-corrected chi connectivity index (χ0v) is 15.4. The van der Waals surface area contributed by atoms with Gasteiger partial charge in [0.05, 0.1) is 3.79 Å². The number of hydrogen-bond donors (Lipinski definition) is 3. The molecule has 0 saturated carbocycles. The van der Waals surface area contributed by atoms with Gasteiger partial charge >= 0.3 is 5.97 Å². The van der Waals surface area contributed by atoms with Gasteiger partial charge in [-0.2, -0.15) is 4.72 Å². The van der Waals surface area contributed by atoms with Crippen LogP contribution in [0.3, 0.4) is 0 Å². The molecule has 0 aliphatic heterocycles. The second kappa shape index (κ2) is 6.67. The average molecular weight is 429 g/mol. The predicted molar refractivity (Wildman–Crippen MR) is 95.8 cm³/mol. The highest BCUT2D eigenvalue weighted by molar-refractivity contribution is 9.11. The van der Waals surface area contributed by atoms with Crippen molar-refractivity contribution in [1.82, 2.24) is 9.71 Å². The van der Waals surface area contributed by atoms with Crippen LogP contribution in [-0.2, 0) is 21.2 Å². The Kier molecular flexibility index (Phi) is 4.77. The van der Waals surface area contributed by atoms with Crippen molar-refractivity contribution in [1.29, 1.82) is 0 Å². The zero-order chi connectivity index (χ0) is 17.3. The van der Waals surface area contributed by atoms with Gasteiger partial charge < -0.3 is 10.1 Å². The van der Waals surface area contributed by atoms with Crippen LogP contribution in [0, 0.1) is 0 Å². The largest absolute Gasteiger partial charge is 0.480 e. The molecular formula is C15H13BrN2O4S2. The summed E-state index contributed by atoms with van der Waals surface area (Å²) in [7, 11) is -3.89. The number of aliphatic carboxylic acids is 1. The molecule has 126 valence electrons. The maximum atomic E-state index is 12.4. The van der Waals surface area contributed by atoms with Crippen LogP contribution in [0.5, 0.6) is 0 Å². The number of carboxylic acids is 1. The number of benzene rings is 1. The molecular weight excluding hydrogens is 416 g/mol. The smallest absolute Gasteiger partial charge is 0.322 e. The first-order chi connectivity index (χ1) is 11.4. The molecule has 1 aromatic carbocycles. The van der Waals surface area contributed by atoms with E-state index in [9.17, 15) is 18.3 Å². The molecule has 0 bridgehead atoms. The summed E-state index contributed by atoms with van der Waals surface area (Å²) in [5.41, 5.74) is 1.62. The molecule has 1 atom stereocenters. The van der Waals surface area contributed by atoms with E-state index in [1.807, 2.05) is 24.3 Å². The van der Waals surface area contributed by atoms with Crippen molar-refractivity contribution >= 4 is 54.2 Å². The number of carbonyl (C=O) groups is 1. The standard InChI is InChI=1S/C15H13BrN2O4S2/c16-13-5-6-14(23-13)24(21,22)18-12(15(19)20)7-9-8-17-11-4-2-1-3-10(9)11/h1-6,8,12,17-18H,7H2,(H,19,20)/t12-/m0/s1. The number of sulfonamides is 1. The van der Waals surface area contributed by atoms with Crippen molar-refractivity contribution in [3.8, 4) is 0 Å². The molecule has 0 saturated heterocycles. The molecule has 6 nitrogen and oxygen atoms in total. The van der Waals surface area contributed by atoms with Gasteiger partial charge in [-0.15, -0.1) is 11.3 Å². The highest BCUT2D eigenvalue weighted by Gasteiger charge is 2.27. The lowest BCUT2D eigenvalue weighted by molar-refractivity contribution is -0.138. The van der Waals surface area contributed by atoms with Crippen LogP contribution in [0.15, 0.2) is 50.6 Å². The van der Waals surface area contributed by atoms with Crippen LogP contribution in [0.4, 0.5) is 0 Å². The molecule has 0 spiro atoms. The van der Waals surface area contributed by atoms with Crippen LogP contribution in [0.1, 0.15) is 5.56 Å². The molecule has 0 unspecified atom stereocenters. The summed E-state index contributed by atoms with van der Waals surface area (Å²) in [4.78, 5) is 14.6. The van der Waals surface area contributed by atoms with Crippen molar-refractivity contribution < 1.29 is 18.3 Å². The SMILES string of the molecule is O=C(O)[C@H](Cc1c[nH]c2ccccc12)NS(=O)(=O)c1ccc(Br)s1. The second-order valence-corrected chi connectivity index (χ2v) is 9.54. The molecule has 2 aromatic heterocycles. The van der Waals surface area contributed by atoms with E-state index in [1.165, 1.54) is 6.07 Å². The lowest BCUT2D eigenvalue weighted by Crippen LogP contribution is -2.41. The number of rotatable bonds is 6. The summed E-state index contributed by atoms with van der Waals surface area (Å²) >= 11 is 4.23. The van der Waals surface area contributed by atoms with Gasteiger partial charge in [-0.1, -0.05) is 18.2 Å². The molecule has 3 aromatic rings. The first-order valence-corrected chi connectivity index (χ1v) is 10.0. The Labute approximate surface area is 150 Å². The van der Waals surface area contributed by atoms with Crippen molar-refractivity contribution in [3.05, 3.63) is 51.9 Å². The third-order valence-corrected chi connectivity index (χ3v) is 7.10. The Morgan fingerprint density at radius 3 is 2.71 bits per heavy atom. The number of carboxylic acid groups (broad SMARTS) is 1. The first kappa shape index (κ1) is 17.2. The van der Waals surface area contributed by atoms with Crippen molar-refractivity contribution in [2.75, 3.05) is 0 Å². The van der Waals surface area contributed by atoms with Gasteiger partial charge in [-0.05, 0) is 39.7 Å². The van der Waals surface area contributed by atoms with Gasteiger partial charge in [-0.25, -0.2) is 8.42 Å². The number of aromatic amines is 1. The molecule has 0 amide bonds. The maximum absolute atomic E-state index is 12.4. The molecule has 3 N–H and O–H groups in total. The fourth-order valence-corrected chi connectivity index (χ4v) is 5.60. The molecule has 3 rings (SSSR count). The lowest BCUT2D eigenvalue weighted by atomic mass is 10.1. The van der Waals surface area contributed by atoms with Crippen molar-refractivity contribution in [3.63, 3.8) is 0 Å². The molecule has 0 aliphatic rings. The summed E-state index contributed by atoms with van der Waals surface area (Å²) in [6.07, 6.45) is 1.75. The zero-order valence-electron chi connectivity index (χ0n) is 12.2. The quantitative estimate of drug-likeness (QED) is 0.561. The first-order valence-electron chi connectivity index (χ1n) is 6.92. The number of aromatic nitrogens is 1. The van der Waals surface area contributed by atoms with Crippen LogP contribution in [0.25, 0.3) is 10.9 Å². The van der Waals surface area contributed by atoms with E-state index < -0.39 is 22.0 Å². The van der Waals surface area contributed by atoms with Gasteiger partial charge in [0.25, 0.3) is 10.0 Å². The van der Waals surface area contributed by atoms with E-state index in [4.69, 9.17) is 0 Å². The van der Waals surface area contributed by atoms with E-state index in [0.717, 1.165) is 27.8 Å². The maximum Gasteiger partial charge on any atom is 0.322 e. The average Bonchev–Trinajstić information content (AvgIpc) is 3.14. The summed E-state index contributed by atoms with van der Waals surface area (Å²) in [5, 5.41) is 10.3. The molecule has 24 heavy (non-hydrogen) atoms.